The van der Waals surface area contributed by atoms with Crippen LogP contribution >= 0.6 is 0 Å². The molecule has 2 amide bonds. The number of hydrogen-bond donors (Lipinski definition) is 3. The van der Waals surface area contributed by atoms with Gasteiger partial charge in [0.05, 0.1) is 18.3 Å². The number of methoxy groups -OCH3 is 1. The van der Waals surface area contributed by atoms with Crippen molar-refractivity contribution in [3.63, 3.8) is 0 Å². The zero-order valence-electron chi connectivity index (χ0n) is 20.1. The number of ether oxygens (including phenoxy) is 1. The number of benzene rings is 2. The largest absolute Gasteiger partial charge is 0.453 e. The number of primary amides is 1. The number of alkyl carbamates (subject to hydrolysis) is 1. The van der Waals surface area contributed by atoms with Gasteiger partial charge in [-0.15, -0.1) is 0 Å². The van der Waals surface area contributed by atoms with Crippen LogP contribution in [-0.4, -0.2) is 29.1 Å². The van der Waals surface area contributed by atoms with Crippen LogP contribution < -0.4 is 16.4 Å². The molecule has 1 unspecified atom stereocenters. The number of aryl methyl sites for hydroxylation is 1. The van der Waals surface area contributed by atoms with Crippen molar-refractivity contribution >= 4 is 23.6 Å². The fourth-order valence-electron chi connectivity index (χ4n) is 4.60. The van der Waals surface area contributed by atoms with E-state index < -0.39 is 6.09 Å². The summed E-state index contributed by atoms with van der Waals surface area (Å²) >= 11 is 0. The number of amides is 2. The molecule has 8 heteroatoms. The lowest BCUT2D eigenvalue weighted by Gasteiger charge is -2.42. The molecule has 1 atom stereocenters. The Hall–Kier alpha value is -3.94. The average molecular weight is 474 g/mol. The summed E-state index contributed by atoms with van der Waals surface area (Å²) in [4.78, 5) is 32.8. The number of nitrogens with zero attached hydrogens (tertiary/aromatic N) is 2. The number of carbonyl (C=O) groups is 2. The van der Waals surface area contributed by atoms with Gasteiger partial charge in [-0.05, 0) is 61.4 Å². The standard InChI is InChI=1S/C27H31N5O3/c1-18-17-29-25(31-24(18)20(16-23(28)33)15-19-7-4-3-5-8-19)30-22-11-9-21(10-12-22)27(13-6-14-27)32-26(34)35-2/h3-5,7-12,17,20H,6,13-16H2,1-2H3,(H2,28,33)(H,32,34)(H,29,30,31). The van der Waals surface area contributed by atoms with E-state index in [1.807, 2.05) is 61.5 Å². The quantitative estimate of drug-likeness (QED) is 0.422. The van der Waals surface area contributed by atoms with E-state index >= 15 is 0 Å². The summed E-state index contributed by atoms with van der Waals surface area (Å²) in [6.07, 6.45) is 5.01. The maximum absolute atomic E-state index is 11.8. The van der Waals surface area contributed by atoms with Crippen LogP contribution in [0.4, 0.5) is 16.4 Å². The number of anilines is 2. The lowest BCUT2D eigenvalue weighted by atomic mass is 9.72. The third-order valence-electron chi connectivity index (χ3n) is 6.60. The predicted octanol–water partition coefficient (Wildman–Crippen LogP) is 4.47. The van der Waals surface area contributed by atoms with Gasteiger partial charge in [0.2, 0.25) is 11.9 Å². The van der Waals surface area contributed by atoms with E-state index in [2.05, 4.69) is 15.6 Å². The Labute approximate surface area is 205 Å². The molecule has 8 nitrogen and oxygen atoms in total. The summed E-state index contributed by atoms with van der Waals surface area (Å²) in [6.45, 7) is 1.94. The second kappa shape index (κ2) is 10.5. The summed E-state index contributed by atoms with van der Waals surface area (Å²) in [7, 11) is 1.37. The highest BCUT2D eigenvalue weighted by atomic mass is 16.5. The maximum Gasteiger partial charge on any atom is 0.407 e. The normalized spacial score (nSPS) is 14.9. The van der Waals surface area contributed by atoms with Gasteiger partial charge in [0.25, 0.3) is 0 Å². The molecular formula is C27H31N5O3. The Morgan fingerprint density at radius 3 is 2.43 bits per heavy atom. The van der Waals surface area contributed by atoms with Crippen LogP contribution in [0, 0.1) is 6.92 Å². The van der Waals surface area contributed by atoms with E-state index in [0.717, 1.165) is 47.3 Å². The van der Waals surface area contributed by atoms with Crippen molar-refractivity contribution < 1.29 is 14.3 Å². The van der Waals surface area contributed by atoms with Gasteiger partial charge in [-0.25, -0.2) is 14.8 Å². The number of nitrogens with one attached hydrogen (secondary N) is 2. The van der Waals surface area contributed by atoms with Crippen molar-refractivity contribution in [3.05, 3.63) is 83.2 Å². The van der Waals surface area contributed by atoms with E-state index in [1.54, 1.807) is 6.20 Å². The summed E-state index contributed by atoms with van der Waals surface area (Å²) in [5.74, 6) is -0.0600. The number of nitrogens with two attached hydrogens (primary N) is 1. The van der Waals surface area contributed by atoms with Crippen LogP contribution in [0.1, 0.15) is 54.0 Å². The van der Waals surface area contributed by atoms with Crippen molar-refractivity contribution in [1.82, 2.24) is 15.3 Å². The fraction of sp³-hybridized carbons (Fsp3) is 0.333. The van der Waals surface area contributed by atoms with E-state index in [0.29, 0.717) is 12.4 Å². The highest BCUT2D eigenvalue weighted by Gasteiger charge is 2.40. The van der Waals surface area contributed by atoms with Gasteiger partial charge in [-0.1, -0.05) is 42.5 Å². The first-order valence-electron chi connectivity index (χ1n) is 11.8. The molecule has 1 aliphatic rings. The summed E-state index contributed by atoms with van der Waals surface area (Å²) in [5.41, 5.74) is 9.89. The van der Waals surface area contributed by atoms with E-state index in [4.69, 9.17) is 15.5 Å². The molecule has 4 N–H and O–H groups in total. The maximum atomic E-state index is 11.8. The van der Waals surface area contributed by atoms with Gasteiger partial charge in [0.15, 0.2) is 0 Å². The molecule has 0 radical (unpaired) electrons. The lowest BCUT2D eigenvalue weighted by Crippen LogP contribution is -2.50. The van der Waals surface area contributed by atoms with Crippen molar-refractivity contribution in [2.45, 2.75) is 50.5 Å². The molecule has 0 spiro atoms. The molecule has 1 aromatic heterocycles. The Balaban J connectivity index is 1.53. The zero-order chi connectivity index (χ0) is 24.8. The van der Waals surface area contributed by atoms with E-state index in [-0.39, 0.29) is 23.8 Å². The van der Waals surface area contributed by atoms with E-state index in [1.165, 1.54) is 7.11 Å². The van der Waals surface area contributed by atoms with Crippen molar-refractivity contribution in [2.24, 2.45) is 5.73 Å². The first-order chi connectivity index (χ1) is 16.9. The van der Waals surface area contributed by atoms with Crippen molar-refractivity contribution in [1.29, 1.82) is 0 Å². The summed E-state index contributed by atoms with van der Waals surface area (Å²) in [6, 6.07) is 17.9. The van der Waals surface area contributed by atoms with Gasteiger partial charge >= 0.3 is 6.09 Å². The van der Waals surface area contributed by atoms with Crippen LogP contribution in [-0.2, 0) is 21.5 Å². The minimum atomic E-state index is -0.423. The monoisotopic (exact) mass is 473 g/mol. The molecule has 0 saturated heterocycles. The molecule has 182 valence electrons. The minimum Gasteiger partial charge on any atom is -0.453 e. The van der Waals surface area contributed by atoms with Gasteiger partial charge in [0, 0.05) is 24.2 Å². The topological polar surface area (TPSA) is 119 Å². The molecule has 1 heterocycles. The molecule has 1 fully saturated rings. The summed E-state index contributed by atoms with van der Waals surface area (Å²) < 4.78 is 4.80. The van der Waals surface area contributed by atoms with Gasteiger partial charge in [0.1, 0.15) is 0 Å². The van der Waals surface area contributed by atoms with Crippen LogP contribution in [0.3, 0.4) is 0 Å². The van der Waals surface area contributed by atoms with E-state index in [9.17, 15) is 9.59 Å². The Morgan fingerprint density at radius 2 is 1.83 bits per heavy atom. The van der Waals surface area contributed by atoms with Gasteiger partial charge in [-0.3, -0.25) is 4.79 Å². The first-order valence-corrected chi connectivity index (χ1v) is 11.8. The zero-order valence-corrected chi connectivity index (χ0v) is 20.1. The highest BCUT2D eigenvalue weighted by molar-refractivity contribution is 5.75. The molecule has 2 aromatic carbocycles. The predicted molar refractivity (Wildman–Crippen MR) is 134 cm³/mol. The molecule has 1 saturated carbocycles. The molecule has 1 aliphatic carbocycles. The van der Waals surface area contributed by atoms with Crippen LogP contribution in [0.2, 0.25) is 0 Å². The third-order valence-corrected chi connectivity index (χ3v) is 6.60. The fourth-order valence-corrected chi connectivity index (χ4v) is 4.60. The number of rotatable bonds is 9. The highest BCUT2D eigenvalue weighted by Crippen LogP contribution is 2.41. The molecular weight excluding hydrogens is 442 g/mol. The molecule has 4 rings (SSSR count). The SMILES string of the molecule is COC(=O)NC1(c2ccc(Nc3ncc(C)c(C(CC(N)=O)Cc4ccccc4)n3)cc2)CCC1. The second-order valence-corrected chi connectivity index (χ2v) is 9.07. The average Bonchev–Trinajstić information content (AvgIpc) is 2.83. The van der Waals surface area contributed by atoms with Gasteiger partial charge < -0.3 is 21.1 Å². The number of hydrogen-bond acceptors (Lipinski definition) is 6. The second-order valence-electron chi connectivity index (χ2n) is 9.07. The Kier molecular flexibility index (Phi) is 7.29. The Bertz CT molecular complexity index is 1180. The molecule has 0 bridgehead atoms. The van der Waals surface area contributed by atoms with Crippen LogP contribution in [0.25, 0.3) is 0 Å². The number of carbonyl (C=O) groups excluding carboxylic acids is 2. The molecule has 3 aromatic rings. The first kappa shape index (κ1) is 24.2. The summed E-state index contributed by atoms with van der Waals surface area (Å²) in [5, 5.41) is 6.24. The minimum absolute atomic E-state index is 0.149. The van der Waals surface area contributed by atoms with Gasteiger partial charge in [-0.2, -0.15) is 0 Å². The molecule has 0 aliphatic heterocycles. The lowest BCUT2D eigenvalue weighted by molar-refractivity contribution is -0.118. The van der Waals surface area contributed by atoms with Crippen LogP contribution in [0.15, 0.2) is 60.8 Å². The number of aromatic nitrogens is 2. The van der Waals surface area contributed by atoms with Crippen molar-refractivity contribution in [3.8, 4) is 0 Å². The van der Waals surface area contributed by atoms with Crippen LogP contribution in [0.5, 0.6) is 0 Å². The van der Waals surface area contributed by atoms with Crippen molar-refractivity contribution in [2.75, 3.05) is 12.4 Å². The Morgan fingerprint density at radius 1 is 1.11 bits per heavy atom. The third kappa shape index (κ3) is 5.77. The smallest absolute Gasteiger partial charge is 0.407 e. The molecule has 35 heavy (non-hydrogen) atoms.